The number of hydrogen-bond donors (Lipinski definition) is 1. The molecule has 2 N–H and O–H groups in total. The largest absolute Gasteiger partial charge is 0.328 e. The van der Waals surface area contributed by atoms with Crippen LogP contribution in [0.1, 0.15) is 45.5 Å². The summed E-state index contributed by atoms with van der Waals surface area (Å²) in [6.45, 7) is 6.20. The Hall–Kier alpha value is -1.42. The van der Waals surface area contributed by atoms with Crippen LogP contribution in [0.4, 0.5) is 4.39 Å². The van der Waals surface area contributed by atoms with E-state index in [1.54, 1.807) is 6.07 Å². The predicted octanol–water partition coefficient (Wildman–Crippen LogP) is 3.43. The Balaban J connectivity index is 2.36. The summed E-state index contributed by atoms with van der Waals surface area (Å²) in [5, 5.41) is 0. The molecule has 1 unspecified atom stereocenters. The molecule has 0 saturated heterocycles. The van der Waals surface area contributed by atoms with Gasteiger partial charge in [0.25, 0.3) is 0 Å². The molecule has 0 aliphatic heterocycles. The second-order valence-electron chi connectivity index (χ2n) is 5.47. The van der Waals surface area contributed by atoms with Crippen molar-refractivity contribution in [2.45, 2.75) is 52.1 Å². The fraction of sp³-hybridized carbons (Fsp3) is 0.533. The molecule has 0 amide bonds. The van der Waals surface area contributed by atoms with Crippen molar-refractivity contribution in [3.05, 3.63) is 29.8 Å². The van der Waals surface area contributed by atoms with Crippen LogP contribution < -0.4 is 5.73 Å². The van der Waals surface area contributed by atoms with E-state index in [1.165, 1.54) is 6.07 Å². The lowest BCUT2D eigenvalue weighted by Crippen LogP contribution is -2.15. The molecule has 1 atom stereocenters. The van der Waals surface area contributed by atoms with Gasteiger partial charge in [0.05, 0.1) is 5.52 Å². The van der Waals surface area contributed by atoms with E-state index in [9.17, 15) is 4.39 Å². The van der Waals surface area contributed by atoms with Gasteiger partial charge in [-0.25, -0.2) is 9.37 Å². The van der Waals surface area contributed by atoms with Gasteiger partial charge in [0.1, 0.15) is 11.3 Å². The first kappa shape index (κ1) is 14.0. The summed E-state index contributed by atoms with van der Waals surface area (Å²) in [4.78, 5) is 4.48. The maximum atomic E-state index is 13.8. The van der Waals surface area contributed by atoms with Crippen LogP contribution in [0.2, 0.25) is 0 Å². The van der Waals surface area contributed by atoms with Crippen molar-refractivity contribution < 1.29 is 4.39 Å². The summed E-state index contributed by atoms with van der Waals surface area (Å²) in [6, 6.07) is 5.61. The second-order valence-corrected chi connectivity index (χ2v) is 5.47. The third-order valence-corrected chi connectivity index (χ3v) is 3.32. The van der Waals surface area contributed by atoms with Gasteiger partial charge in [0.2, 0.25) is 0 Å². The van der Waals surface area contributed by atoms with Gasteiger partial charge in [-0.2, -0.15) is 0 Å². The van der Waals surface area contributed by atoms with Crippen LogP contribution in [0.25, 0.3) is 11.0 Å². The molecule has 1 aromatic carbocycles. The zero-order valence-electron chi connectivity index (χ0n) is 11.9. The topological polar surface area (TPSA) is 43.8 Å². The summed E-state index contributed by atoms with van der Waals surface area (Å²) in [7, 11) is 0. The lowest BCUT2D eigenvalue weighted by Gasteiger charge is -2.13. The lowest BCUT2D eigenvalue weighted by atomic mass is 10.1. The molecule has 0 saturated carbocycles. The van der Waals surface area contributed by atoms with E-state index in [1.807, 2.05) is 13.0 Å². The third kappa shape index (κ3) is 2.95. The molecule has 1 heterocycles. The summed E-state index contributed by atoms with van der Waals surface area (Å²) < 4.78 is 15.9. The minimum Gasteiger partial charge on any atom is -0.328 e. The Morgan fingerprint density at radius 2 is 2.05 bits per heavy atom. The number of nitrogens with zero attached hydrogens (tertiary/aromatic N) is 2. The Morgan fingerprint density at radius 1 is 1.32 bits per heavy atom. The first-order valence-corrected chi connectivity index (χ1v) is 6.91. The molecular formula is C15H22FN3. The Bertz CT molecular complexity index is 558. The van der Waals surface area contributed by atoms with Crippen molar-refractivity contribution in [2.75, 3.05) is 0 Å². The van der Waals surface area contributed by atoms with Crippen LogP contribution >= 0.6 is 0 Å². The number of aromatic nitrogens is 2. The van der Waals surface area contributed by atoms with E-state index < -0.39 is 0 Å². The Labute approximate surface area is 113 Å². The number of nitrogens with two attached hydrogens (primary N) is 1. The fourth-order valence-corrected chi connectivity index (χ4v) is 2.47. The number of hydrogen-bond acceptors (Lipinski definition) is 2. The normalized spacial score (nSPS) is 13.4. The maximum absolute atomic E-state index is 13.8. The summed E-state index contributed by atoms with van der Waals surface area (Å²) >= 11 is 0. The quantitative estimate of drug-likeness (QED) is 0.898. The van der Waals surface area contributed by atoms with E-state index in [0.717, 1.165) is 30.6 Å². The van der Waals surface area contributed by atoms with Gasteiger partial charge in [-0.15, -0.1) is 0 Å². The molecule has 0 aliphatic carbocycles. The van der Waals surface area contributed by atoms with Crippen LogP contribution in [-0.4, -0.2) is 15.6 Å². The predicted molar refractivity (Wildman–Crippen MR) is 76.7 cm³/mol. The van der Waals surface area contributed by atoms with Crippen molar-refractivity contribution in [2.24, 2.45) is 5.73 Å². The number of para-hydroxylation sites is 1. The fourth-order valence-electron chi connectivity index (χ4n) is 2.47. The number of imidazole rings is 1. The average molecular weight is 263 g/mol. The highest BCUT2D eigenvalue weighted by Gasteiger charge is 2.15. The monoisotopic (exact) mass is 263 g/mol. The summed E-state index contributed by atoms with van der Waals surface area (Å²) in [5.74, 6) is 0.709. The van der Waals surface area contributed by atoms with Gasteiger partial charge in [-0.3, -0.25) is 0 Å². The van der Waals surface area contributed by atoms with Crippen molar-refractivity contribution in [3.8, 4) is 0 Å². The molecule has 104 valence electrons. The van der Waals surface area contributed by atoms with Gasteiger partial charge in [0, 0.05) is 18.5 Å². The highest BCUT2D eigenvalue weighted by Crippen LogP contribution is 2.24. The van der Waals surface area contributed by atoms with E-state index in [2.05, 4.69) is 23.4 Å². The van der Waals surface area contributed by atoms with Crippen LogP contribution in [0, 0.1) is 5.82 Å². The van der Waals surface area contributed by atoms with Gasteiger partial charge < -0.3 is 10.3 Å². The van der Waals surface area contributed by atoms with Gasteiger partial charge in [-0.05, 0) is 45.7 Å². The van der Waals surface area contributed by atoms with Crippen molar-refractivity contribution in [3.63, 3.8) is 0 Å². The smallest absolute Gasteiger partial charge is 0.151 e. The first-order valence-electron chi connectivity index (χ1n) is 6.91. The van der Waals surface area contributed by atoms with E-state index in [0.29, 0.717) is 5.52 Å². The Kier molecular flexibility index (Phi) is 4.20. The number of fused-ring (bicyclic) bond motifs is 1. The summed E-state index contributed by atoms with van der Waals surface area (Å²) in [6.07, 6.45) is 2.78. The van der Waals surface area contributed by atoms with Crippen LogP contribution in [0.3, 0.4) is 0 Å². The maximum Gasteiger partial charge on any atom is 0.151 e. The first-order chi connectivity index (χ1) is 9.00. The van der Waals surface area contributed by atoms with Crippen molar-refractivity contribution >= 4 is 11.0 Å². The molecule has 2 aromatic rings. The minimum absolute atomic E-state index is 0.202. The number of aryl methyl sites for hydroxylation is 1. The zero-order chi connectivity index (χ0) is 14.0. The standard InChI is InChI=1S/C15H22FN3/c1-10(2)19-13-8-5-7-12(16)15(13)18-14(19)9-4-6-11(3)17/h5,7-8,10-11H,4,6,9,17H2,1-3H3. The second kappa shape index (κ2) is 5.70. The third-order valence-electron chi connectivity index (χ3n) is 3.32. The molecule has 0 spiro atoms. The van der Waals surface area contributed by atoms with E-state index in [-0.39, 0.29) is 17.9 Å². The van der Waals surface area contributed by atoms with Crippen molar-refractivity contribution in [1.82, 2.24) is 9.55 Å². The molecule has 2 rings (SSSR count). The Morgan fingerprint density at radius 3 is 2.68 bits per heavy atom. The van der Waals surface area contributed by atoms with Gasteiger partial charge in [-0.1, -0.05) is 6.07 Å². The zero-order valence-corrected chi connectivity index (χ0v) is 11.9. The molecule has 19 heavy (non-hydrogen) atoms. The van der Waals surface area contributed by atoms with E-state index >= 15 is 0 Å². The highest BCUT2D eigenvalue weighted by molar-refractivity contribution is 5.76. The van der Waals surface area contributed by atoms with Crippen LogP contribution in [-0.2, 0) is 6.42 Å². The van der Waals surface area contributed by atoms with Crippen LogP contribution in [0.5, 0.6) is 0 Å². The average Bonchev–Trinajstić information content (AvgIpc) is 2.68. The van der Waals surface area contributed by atoms with E-state index in [4.69, 9.17) is 5.73 Å². The lowest BCUT2D eigenvalue weighted by molar-refractivity contribution is 0.555. The summed E-state index contributed by atoms with van der Waals surface area (Å²) in [5.41, 5.74) is 7.13. The van der Waals surface area contributed by atoms with Gasteiger partial charge >= 0.3 is 0 Å². The van der Waals surface area contributed by atoms with Gasteiger partial charge in [0.15, 0.2) is 5.82 Å². The molecule has 3 nitrogen and oxygen atoms in total. The number of rotatable bonds is 5. The minimum atomic E-state index is -0.245. The van der Waals surface area contributed by atoms with Crippen molar-refractivity contribution in [1.29, 1.82) is 0 Å². The SMILES string of the molecule is CC(N)CCCc1nc2c(F)cccc2n1C(C)C. The highest BCUT2D eigenvalue weighted by atomic mass is 19.1. The molecular weight excluding hydrogens is 241 g/mol. The molecule has 0 bridgehead atoms. The molecule has 1 aromatic heterocycles. The number of halogens is 1. The molecule has 0 fully saturated rings. The van der Waals surface area contributed by atoms with Crippen LogP contribution in [0.15, 0.2) is 18.2 Å². The molecule has 4 heteroatoms. The number of benzene rings is 1. The molecule has 0 radical (unpaired) electrons. The molecule has 0 aliphatic rings.